The van der Waals surface area contributed by atoms with Gasteiger partial charge in [0.1, 0.15) is 0 Å². The van der Waals surface area contributed by atoms with E-state index in [1.165, 1.54) is 32.4 Å². The lowest BCUT2D eigenvalue weighted by molar-refractivity contribution is 0.0598. The normalized spacial score (nSPS) is 20.4. The third-order valence-corrected chi connectivity index (χ3v) is 6.05. The fourth-order valence-corrected chi connectivity index (χ4v) is 4.55. The summed E-state index contributed by atoms with van der Waals surface area (Å²) in [5.74, 6) is -1.43. The lowest BCUT2D eigenvalue weighted by Crippen LogP contribution is -2.44. The summed E-state index contributed by atoms with van der Waals surface area (Å²) in [6.07, 6.45) is 3.49. The largest absolute Gasteiger partial charge is 0.465 e. The molecule has 9 heteroatoms. The average molecular weight is 384 g/mol. The minimum atomic E-state index is -3.95. The van der Waals surface area contributed by atoms with Crippen molar-refractivity contribution in [1.29, 1.82) is 0 Å². The van der Waals surface area contributed by atoms with Crippen molar-refractivity contribution in [3.05, 3.63) is 29.3 Å². The van der Waals surface area contributed by atoms with Gasteiger partial charge >= 0.3 is 11.9 Å². The van der Waals surface area contributed by atoms with Crippen LogP contribution in [-0.4, -0.2) is 47.2 Å². The molecule has 1 aliphatic carbocycles. The summed E-state index contributed by atoms with van der Waals surface area (Å²) >= 11 is 0. The number of ether oxygens (including phenoxy) is 2. The van der Waals surface area contributed by atoms with Gasteiger partial charge in [0, 0.05) is 6.04 Å². The SMILES string of the molecule is COC(=O)c1cc(C(=O)OC)cc(S(=O)(=O)NC2CCCCC2CN)c1. The van der Waals surface area contributed by atoms with Gasteiger partial charge < -0.3 is 15.2 Å². The second-order valence-corrected chi connectivity index (χ2v) is 7.95. The van der Waals surface area contributed by atoms with Crippen molar-refractivity contribution in [3.63, 3.8) is 0 Å². The van der Waals surface area contributed by atoms with Crippen LogP contribution in [0, 0.1) is 5.92 Å². The van der Waals surface area contributed by atoms with Gasteiger partial charge in [-0.2, -0.15) is 0 Å². The number of sulfonamides is 1. The summed E-state index contributed by atoms with van der Waals surface area (Å²) in [6, 6.07) is 3.32. The van der Waals surface area contributed by atoms with Gasteiger partial charge in [0.2, 0.25) is 10.0 Å². The smallest absolute Gasteiger partial charge is 0.337 e. The Kier molecular flexibility index (Phi) is 6.74. The lowest BCUT2D eigenvalue weighted by Gasteiger charge is -2.31. The molecule has 8 nitrogen and oxygen atoms in total. The summed E-state index contributed by atoms with van der Waals surface area (Å²) in [7, 11) is -1.60. The van der Waals surface area contributed by atoms with Gasteiger partial charge in [-0.05, 0) is 43.5 Å². The average Bonchev–Trinajstić information content (AvgIpc) is 2.66. The Balaban J connectivity index is 2.40. The zero-order valence-corrected chi connectivity index (χ0v) is 15.7. The Morgan fingerprint density at radius 1 is 1.08 bits per heavy atom. The highest BCUT2D eigenvalue weighted by Crippen LogP contribution is 2.26. The van der Waals surface area contributed by atoms with Crippen LogP contribution < -0.4 is 10.5 Å². The van der Waals surface area contributed by atoms with Crippen molar-refractivity contribution in [3.8, 4) is 0 Å². The molecule has 2 rings (SSSR count). The molecule has 1 aromatic carbocycles. The maximum atomic E-state index is 12.8. The molecule has 2 unspecified atom stereocenters. The monoisotopic (exact) mass is 384 g/mol. The molecule has 0 heterocycles. The van der Waals surface area contributed by atoms with Crippen LogP contribution in [0.25, 0.3) is 0 Å². The maximum absolute atomic E-state index is 12.8. The van der Waals surface area contributed by atoms with Crippen LogP contribution in [0.5, 0.6) is 0 Å². The number of methoxy groups -OCH3 is 2. The standard InChI is InChI=1S/C17H24N2O6S/c1-24-16(20)12-7-13(17(21)25-2)9-14(8-12)26(22,23)19-15-6-4-3-5-11(15)10-18/h7-9,11,15,19H,3-6,10,18H2,1-2H3. The van der Waals surface area contributed by atoms with Crippen molar-refractivity contribution in [2.45, 2.75) is 36.6 Å². The molecule has 0 radical (unpaired) electrons. The number of esters is 2. The van der Waals surface area contributed by atoms with Crippen LogP contribution in [0.3, 0.4) is 0 Å². The molecule has 0 saturated heterocycles. The predicted molar refractivity (Wildman–Crippen MR) is 94.2 cm³/mol. The Morgan fingerprint density at radius 3 is 2.12 bits per heavy atom. The van der Waals surface area contributed by atoms with Crippen LogP contribution >= 0.6 is 0 Å². The van der Waals surface area contributed by atoms with E-state index in [2.05, 4.69) is 14.2 Å². The van der Waals surface area contributed by atoms with E-state index in [-0.39, 0.29) is 28.0 Å². The van der Waals surface area contributed by atoms with E-state index in [1.807, 2.05) is 0 Å². The first-order chi connectivity index (χ1) is 12.3. The Hall–Kier alpha value is -1.97. The molecule has 1 fully saturated rings. The van der Waals surface area contributed by atoms with Crippen LogP contribution in [0.4, 0.5) is 0 Å². The number of nitrogens with two attached hydrogens (primary N) is 1. The third-order valence-electron chi connectivity index (χ3n) is 4.58. The minimum Gasteiger partial charge on any atom is -0.465 e. The first kappa shape index (κ1) is 20.3. The molecule has 0 bridgehead atoms. The van der Waals surface area contributed by atoms with Gasteiger partial charge in [0.05, 0.1) is 30.2 Å². The molecule has 0 spiro atoms. The summed E-state index contributed by atoms with van der Waals surface area (Å²) in [5.41, 5.74) is 5.66. The van der Waals surface area contributed by atoms with E-state index in [0.717, 1.165) is 19.3 Å². The molecule has 1 saturated carbocycles. The number of carbonyl (C=O) groups excluding carboxylic acids is 2. The van der Waals surface area contributed by atoms with Gasteiger partial charge in [0.25, 0.3) is 0 Å². The first-order valence-corrected chi connectivity index (χ1v) is 9.84. The highest BCUT2D eigenvalue weighted by Gasteiger charge is 2.29. The highest BCUT2D eigenvalue weighted by molar-refractivity contribution is 7.89. The first-order valence-electron chi connectivity index (χ1n) is 8.36. The van der Waals surface area contributed by atoms with E-state index >= 15 is 0 Å². The zero-order chi connectivity index (χ0) is 19.3. The van der Waals surface area contributed by atoms with E-state index in [9.17, 15) is 18.0 Å². The molecule has 2 atom stereocenters. The fraction of sp³-hybridized carbons (Fsp3) is 0.529. The molecule has 0 amide bonds. The van der Waals surface area contributed by atoms with Gasteiger partial charge in [-0.1, -0.05) is 12.8 Å². The van der Waals surface area contributed by atoms with Gasteiger partial charge in [0.15, 0.2) is 0 Å². The van der Waals surface area contributed by atoms with E-state index in [1.54, 1.807) is 0 Å². The fourth-order valence-electron chi connectivity index (χ4n) is 3.14. The van der Waals surface area contributed by atoms with Crippen molar-refractivity contribution in [1.82, 2.24) is 4.72 Å². The van der Waals surface area contributed by atoms with Crippen molar-refractivity contribution < 1.29 is 27.5 Å². The minimum absolute atomic E-state index is 0.0465. The number of benzene rings is 1. The molecule has 3 N–H and O–H groups in total. The molecular weight excluding hydrogens is 360 g/mol. The Bertz CT molecular complexity index is 743. The zero-order valence-electron chi connectivity index (χ0n) is 14.9. The summed E-state index contributed by atoms with van der Waals surface area (Å²) < 4.78 is 37.6. The van der Waals surface area contributed by atoms with Gasteiger partial charge in [-0.25, -0.2) is 22.7 Å². The van der Waals surface area contributed by atoms with Crippen molar-refractivity contribution >= 4 is 22.0 Å². The summed E-state index contributed by atoms with van der Waals surface area (Å²) in [4.78, 5) is 23.5. The van der Waals surface area contributed by atoms with Crippen LogP contribution in [-0.2, 0) is 19.5 Å². The number of carbonyl (C=O) groups is 2. The topological polar surface area (TPSA) is 125 Å². The van der Waals surface area contributed by atoms with Gasteiger partial charge in [-0.15, -0.1) is 0 Å². The number of hydrogen-bond acceptors (Lipinski definition) is 7. The van der Waals surface area contributed by atoms with Gasteiger partial charge in [-0.3, -0.25) is 0 Å². The molecule has 1 aromatic rings. The molecule has 144 valence electrons. The predicted octanol–water partition coefficient (Wildman–Crippen LogP) is 1.06. The highest BCUT2D eigenvalue weighted by atomic mass is 32.2. The molecule has 0 aromatic heterocycles. The van der Waals surface area contributed by atoms with E-state index in [0.29, 0.717) is 13.0 Å². The number of hydrogen-bond donors (Lipinski definition) is 2. The number of rotatable bonds is 6. The van der Waals surface area contributed by atoms with E-state index < -0.39 is 22.0 Å². The van der Waals surface area contributed by atoms with Crippen molar-refractivity contribution in [2.75, 3.05) is 20.8 Å². The second kappa shape index (κ2) is 8.61. The molecular formula is C17H24N2O6S. The number of nitrogens with one attached hydrogen (secondary N) is 1. The van der Waals surface area contributed by atoms with Crippen LogP contribution in [0.1, 0.15) is 46.4 Å². The molecule has 26 heavy (non-hydrogen) atoms. The Labute approximate surface area is 153 Å². The summed E-state index contributed by atoms with van der Waals surface area (Å²) in [6.45, 7) is 0.392. The third kappa shape index (κ3) is 4.60. The summed E-state index contributed by atoms with van der Waals surface area (Å²) in [5, 5.41) is 0. The molecule has 1 aliphatic rings. The lowest BCUT2D eigenvalue weighted by atomic mass is 9.85. The van der Waals surface area contributed by atoms with Crippen LogP contribution in [0.2, 0.25) is 0 Å². The maximum Gasteiger partial charge on any atom is 0.337 e. The quantitative estimate of drug-likeness (QED) is 0.702. The van der Waals surface area contributed by atoms with Crippen molar-refractivity contribution in [2.24, 2.45) is 11.7 Å². The Morgan fingerprint density at radius 2 is 1.62 bits per heavy atom. The molecule has 0 aliphatic heterocycles. The van der Waals surface area contributed by atoms with Crippen LogP contribution in [0.15, 0.2) is 23.1 Å². The van der Waals surface area contributed by atoms with E-state index in [4.69, 9.17) is 5.73 Å². The second-order valence-electron chi connectivity index (χ2n) is 6.24.